The molecule has 2 aromatic rings. The third kappa shape index (κ3) is 2.12. The standard InChI is InChI=1S/C17H18FN/c1-11-9-12(2)17(15(18)10-11)14-7-8-19-16-6-4-3-5-13(14)16/h3-6,9-10,14,19H,7-8H2,1-2H3. The number of aryl methyl sites for hydroxylation is 2. The first-order chi connectivity index (χ1) is 9.16. The molecule has 0 fully saturated rings. The zero-order chi connectivity index (χ0) is 13.4. The topological polar surface area (TPSA) is 12.0 Å². The molecule has 0 saturated carbocycles. The molecule has 0 radical (unpaired) electrons. The Kier molecular flexibility index (Phi) is 3.02. The highest BCUT2D eigenvalue weighted by Gasteiger charge is 2.25. The first kappa shape index (κ1) is 12.2. The van der Waals surface area contributed by atoms with E-state index in [1.54, 1.807) is 6.07 Å². The van der Waals surface area contributed by atoms with Crippen molar-refractivity contribution in [2.45, 2.75) is 26.2 Å². The molecule has 1 heterocycles. The number of hydrogen-bond donors (Lipinski definition) is 1. The Morgan fingerprint density at radius 2 is 1.95 bits per heavy atom. The molecule has 1 unspecified atom stereocenters. The van der Waals surface area contributed by atoms with E-state index in [4.69, 9.17) is 0 Å². The fourth-order valence-corrected chi connectivity index (χ4v) is 3.14. The molecule has 0 aliphatic carbocycles. The minimum atomic E-state index is -0.0702. The van der Waals surface area contributed by atoms with Crippen LogP contribution in [0.25, 0.3) is 0 Å². The Morgan fingerprint density at radius 3 is 2.74 bits per heavy atom. The number of anilines is 1. The molecule has 1 nitrogen and oxygen atoms in total. The molecule has 0 amide bonds. The monoisotopic (exact) mass is 255 g/mol. The van der Waals surface area contributed by atoms with Crippen LogP contribution in [0.3, 0.4) is 0 Å². The van der Waals surface area contributed by atoms with E-state index < -0.39 is 0 Å². The van der Waals surface area contributed by atoms with Crippen LogP contribution in [0.2, 0.25) is 0 Å². The first-order valence-electron chi connectivity index (χ1n) is 6.76. The van der Waals surface area contributed by atoms with Crippen molar-refractivity contribution in [3.05, 3.63) is 64.5 Å². The van der Waals surface area contributed by atoms with Gasteiger partial charge < -0.3 is 5.32 Å². The lowest BCUT2D eigenvalue weighted by Gasteiger charge is -2.28. The van der Waals surface area contributed by atoms with E-state index in [0.717, 1.165) is 35.3 Å². The number of hydrogen-bond acceptors (Lipinski definition) is 1. The normalized spacial score (nSPS) is 17.7. The zero-order valence-electron chi connectivity index (χ0n) is 11.3. The highest BCUT2D eigenvalue weighted by molar-refractivity contribution is 5.58. The van der Waals surface area contributed by atoms with Crippen molar-refractivity contribution in [2.75, 3.05) is 11.9 Å². The van der Waals surface area contributed by atoms with Gasteiger partial charge in [0.2, 0.25) is 0 Å². The second-order valence-corrected chi connectivity index (χ2v) is 5.33. The molecule has 3 rings (SSSR count). The van der Waals surface area contributed by atoms with Crippen molar-refractivity contribution in [1.29, 1.82) is 0 Å². The smallest absolute Gasteiger partial charge is 0.127 e. The van der Waals surface area contributed by atoms with Crippen LogP contribution in [0.1, 0.15) is 34.6 Å². The summed E-state index contributed by atoms with van der Waals surface area (Å²) in [4.78, 5) is 0. The third-order valence-corrected chi connectivity index (χ3v) is 3.91. The SMILES string of the molecule is Cc1cc(C)c(C2CCNc3ccccc32)c(F)c1. The Bertz CT molecular complexity index is 595. The number of nitrogens with one attached hydrogen (secondary N) is 1. The summed E-state index contributed by atoms with van der Waals surface area (Å²) in [6.45, 7) is 4.85. The van der Waals surface area contributed by atoms with Gasteiger partial charge in [0.1, 0.15) is 5.82 Å². The van der Waals surface area contributed by atoms with E-state index in [-0.39, 0.29) is 11.7 Å². The molecular weight excluding hydrogens is 237 g/mol. The second-order valence-electron chi connectivity index (χ2n) is 5.33. The lowest BCUT2D eigenvalue weighted by atomic mass is 9.82. The quantitative estimate of drug-likeness (QED) is 0.797. The maximum atomic E-state index is 14.4. The molecule has 2 aromatic carbocycles. The van der Waals surface area contributed by atoms with Crippen LogP contribution < -0.4 is 5.32 Å². The molecule has 0 aromatic heterocycles. The highest BCUT2D eigenvalue weighted by Crippen LogP contribution is 2.38. The minimum Gasteiger partial charge on any atom is -0.385 e. The van der Waals surface area contributed by atoms with E-state index in [9.17, 15) is 4.39 Å². The summed E-state index contributed by atoms with van der Waals surface area (Å²) in [6.07, 6.45) is 0.942. The Morgan fingerprint density at radius 1 is 1.16 bits per heavy atom. The Balaban J connectivity index is 2.14. The zero-order valence-corrected chi connectivity index (χ0v) is 11.3. The van der Waals surface area contributed by atoms with Gasteiger partial charge in [-0.15, -0.1) is 0 Å². The van der Waals surface area contributed by atoms with Gasteiger partial charge in [0.25, 0.3) is 0 Å². The van der Waals surface area contributed by atoms with Gasteiger partial charge in [-0.1, -0.05) is 24.3 Å². The van der Waals surface area contributed by atoms with Crippen LogP contribution in [-0.2, 0) is 0 Å². The van der Waals surface area contributed by atoms with Gasteiger partial charge in [0, 0.05) is 18.2 Å². The van der Waals surface area contributed by atoms with E-state index in [1.807, 2.05) is 26.0 Å². The number of fused-ring (bicyclic) bond motifs is 1. The molecular formula is C17H18FN. The Labute approximate surface area is 113 Å². The average molecular weight is 255 g/mol. The number of rotatable bonds is 1. The van der Waals surface area contributed by atoms with Crippen molar-refractivity contribution in [1.82, 2.24) is 0 Å². The predicted octanol–water partition coefficient (Wildman–Crippen LogP) is 4.39. The average Bonchev–Trinajstić information content (AvgIpc) is 2.38. The van der Waals surface area contributed by atoms with Gasteiger partial charge in [0.05, 0.1) is 0 Å². The summed E-state index contributed by atoms with van der Waals surface area (Å²) in [5, 5.41) is 3.39. The highest BCUT2D eigenvalue weighted by atomic mass is 19.1. The van der Waals surface area contributed by atoms with Gasteiger partial charge in [-0.05, 0) is 54.7 Å². The van der Waals surface area contributed by atoms with Gasteiger partial charge in [-0.3, -0.25) is 0 Å². The molecule has 0 saturated heterocycles. The number of para-hydroxylation sites is 1. The maximum absolute atomic E-state index is 14.4. The van der Waals surface area contributed by atoms with Crippen LogP contribution in [0.4, 0.5) is 10.1 Å². The summed E-state index contributed by atoms with van der Waals surface area (Å²) in [6, 6.07) is 11.9. The fraction of sp³-hybridized carbons (Fsp3) is 0.294. The summed E-state index contributed by atoms with van der Waals surface area (Å²) in [5.74, 6) is 0.0947. The van der Waals surface area contributed by atoms with Gasteiger partial charge in [-0.2, -0.15) is 0 Å². The van der Waals surface area contributed by atoms with E-state index >= 15 is 0 Å². The lowest BCUT2D eigenvalue weighted by molar-refractivity contribution is 0.582. The van der Waals surface area contributed by atoms with Gasteiger partial charge in [0.15, 0.2) is 0 Å². The summed E-state index contributed by atoms with van der Waals surface area (Å²) in [7, 11) is 0. The fourth-order valence-electron chi connectivity index (χ4n) is 3.14. The first-order valence-corrected chi connectivity index (χ1v) is 6.76. The van der Waals surface area contributed by atoms with E-state index in [0.29, 0.717) is 0 Å². The molecule has 1 aliphatic rings. The predicted molar refractivity (Wildman–Crippen MR) is 77.3 cm³/mol. The van der Waals surface area contributed by atoms with Crippen LogP contribution in [-0.4, -0.2) is 6.54 Å². The lowest BCUT2D eigenvalue weighted by Crippen LogP contribution is -2.19. The van der Waals surface area contributed by atoms with Crippen molar-refractivity contribution in [3.63, 3.8) is 0 Å². The summed E-state index contributed by atoms with van der Waals surface area (Å²) in [5.41, 5.74) is 5.25. The van der Waals surface area contributed by atoms with E-state index in [2.05, 4.69) is 23.5 Å². The van der Waals surface area contributed by atoms with Crippen molar-refractivity contribution in [3.8, 4) is 0 Å². The molecule has 0 bridgehead atoms. The van der Waals surface area contributed by atoms with Gasteiger partial charge in [-0.25, -0.2) is 4.39 Å². The molecule has 0 spiro atoms. The third-order valence-electron chi connectivity index (χ3n) is 3.91. The molecule has 98 valence electrons. The van der Waals surface area contributed by atoms with Crippen molar-refractivity contribution in [2.24, 2.45) is 0 Å². The van der Waals surface area contributed by atoms with Crippen LogP contribution in [0.5, 0.6) is 0 Å². The van der Waals surface area contributed by atoms with Crippen molar-refractivity contribution < 1.29 is 4.39 Å². The summed E-state index contributed by atoms with van der Waals surface area (Å²) < 4.78 is 14.4. The second kappa shape index (κ2) is 4.69. The van der Waals surface area contributed by atoms with Crippen LogP contribution in [0, 0.1) is 19.7 Å². The largest absolute Gasteiger partial charge is 0.385 e. The van der Waals surface area contributed by atoms with E-state index in [1.165, 1.54) is 5.56 Å². The van der Waals surface area contributed by atoms with Crippen LogP contribution >= 0.6 is 0 Å². The summed E-state index contributed by atoms with van der Waals surface area (Å²) >= 11 is 0. The van der Waals surface area contributed by atoms with Gasteiger partial charge >= 0.3 is 0 Å². The molecule has 1 atom stereocenters. The number of halogens is 1. The van der Waals surface area contributed by atoms with Crippen LogP contribution in [0.15, 0.2) is 36.4 Å². The molecule has 2 heteroatoms. The molecule has 19 heavy (non-hydrogen) atoms. The molecule has 1 N–H and O–H groups in total. The maximum Gasteiger partial charge on any atom is 0.127 e. The minimum absolute atomic E-state index is 0.0702. The Hall–Kier alpha value is -1.83. The molecule has 1 aliphatic heterocycles. The van der Waals surface area contributed by atoms with Crippen molar-refractivity contribution >= 4 is 5.69 Å². The number of benzene rings is 2.